The van der Waals surface area contributed by atoms with Crippen LogP contribution in [0.2, 0.25) is 0 Å². The number of sulfone groups is 1. The monoisotopic (exact) mass is 593 g/mol. The van der Waals surface area contributed by atoms with E-state index in [1.54, 1.807) is 6.07 Å². The molecule has 5 nitrogen and oxygen atoms in total. The van der Waals surface area contributed by atoms with Crippen molar-refractivity contribution in [3.05, 3.63) is 53.2 Å². The number of ether oxygens (including phenoxy) is 1. The number of hydrogen-bond donors (Lipinski definition) is 0. The van der Waals surface area contributed by atoms with Gasteiger partial charge >= 0.3 is 0 Å². The Labute approximate surface area is 228 Å². The molecule has 2 aromatic carbocycles. The second kappa shape index (κ2) is 12.7. The zero-order valence-electron chi connectivity index (χ0n) is 21.6. The Morgan fingerprint density at radius 1 is 1.14 bits per heavy atom. The predicted octanol–water partition coefficient (Wildman–Crippen LogP) is 7.94. The molecule has 0 atom stereocenters. The molecule has 3 rings (SSSR count). The van der Waals surface area contributed by atoms with Gasteiger partial charge in [-0.3, -0.25) is 4.79 Å². The summed E-state index contributed by atoms with van der Waals surface area (Å²) in [5, 5.41) is 0. The number of ketones is 1. The van der Waals surface area contributed by atoms with Crippen LogP contribution in [-0.4, -0.2) is 32.8 Å². The summed E-state index contributed by atoms with van der Waals surface area (Å²) in [6, 6.07) is 11.6. The summed E-state index contributed by atoms with van der Waals surface area (Å²) >= 11 is 5.02. The van der Waals surface area contributed by atoms with Crippen LogP contribution in [0.3, 0.4) is 0 Å². The van der Waals surface area contributed by atoms with E-state index < -0.39 is 9.84 Å². The van der Waals surface area contributed by atoms with E-state index in [4.69, 9.17) is 4.74 Å². The van der Waals surface area contributed by atoms with Gasteiger partial charge < -0.3 is 9.64 Å². The van der Waals surface area contributed by atoms with Crippen molar-refractivity contribution in [2.45, 2.75) is 69.1 Å². The molecule has 0 unspecified atom stereocenters. The lowest BCUT2D eigenvalue weighted by atomic mass is 9.79. The molecule has 1 aliphatic heterocycles. The lowest BCUT2D eigenvalue weighted by Gasteiger charge is -2.37. The Hall–Kier alpha value is -1.77. The summed E-state index contributed by atoms with van der Waals surface area (Å²) in [6.07, 6.45) is 10.4. The van der Waals surface area contributed by atoms with Crippen LogP contribution >= 0.6 is 27.7 Å². The zero-order chi connectivity index (χ0) is 26.3. The summed E-state index contributed by atoms with van der Waals surface area (Å²) in [7, 11) is -3.62. The Morgan fingerprint density at radius 3 is 2.33 bits per heavy atom. The highest BCUT2D eigenvalue weighted by Crippen LogP contribution is 2.47. The van der Waals surface area contributed by atoms with Gasteiger partial charge in [0.1, 0.15) is 5.75 Å². The molecule has 2 aromatic rings. The molecule has 8 heteroatoms. The molecule has 1 aliphatic rings. The van der Waals surface area contributed by atoms with Gasteiger partial charge in [-0.2, -0.15) is 0 Å². The van der Waals surface area contributed by atoms with Gasteiger partial charge in [-0.25, -0.2) is 8.42 Å². The molecular formula is C28H36BrNO4S2. The third kappa shape index (κ3) is 6.95. The number of benzene rings is 2. The van der Waals surface area contributed by atoms with E-state index in [2.05, 4.69) is 34.7 Å². The molecule has 0 saturated carbocycles. The molecule has 0 N–H and O–H groups in total. The predicted molar refractivity (Wildman–Crippen MR) is 153 cm³/mol. The van der Waals surface area contributed by atoms with Crippen LogP contribution in [0, 0.1) is 5.41 Å². The second-order valence-corrected chi connectivity index (χ2v) is 13.3. The Bertz CT molecular complexity index is 1180. The molecular weight excluding hydrogens is 558 g/mol. The molecule has 0 radical (unpaired) electrons. The number of anilines is 2. The molecule has 0 bridgehead atoms. The number of hydrogen-bond acceptors (Lipinski definition) is 6. The summed E-state index contributed by atoms with van der Waals surface area (Å²) in [5.74, 6) is 0.412. The van der Waals surface area contributed by atoms with Crippen LogP contribution in [0.4, 0.5) is 11.4 Å². The Kier molecular flexibility index (Phi) is 10.1. The van der Waals surface area contributed by atoms with Gasteiger partial charge in [0.05, 0.1) is 27.5 Å². The number of rotatable bonds is 11. The van der Waals surface area contributed by atoms with Crippen LogP contribution in [0.5, 0.6) is 5.75 Å². The van der Waals surface area contributed by atoms with Crippen LogP contribution < -0.4 is 9.64 Å². The van der Waals surface area contributed by atoms with Crippen molar-refractivity contribution >= 4 is 54.7 Å². The van der Waals surface area contributed by atoms with Crippen LogP contribution in [0.15, 0.2) is 63.0 Å². The SMILES string of the molecule is CCCCC1(CCCC)CN(c2ccc(Br)cc2)c2cc(SC)c(O/C=C\C(C)=O)cc2S(=O)(=O)C1. The van der Waals surface area contributed by atoms with E-state index in [0.29, 0.717) is 18.0 Å². The maximum absolute atomic E-state index is 14.0. The van der Waals surface area contributed by atoms with Gasteiger partial charge in [0, 0.05) is 34.3 Å². The normalized spacial score (nSPS) is 16.5. The molecule has 1 heterocycles. The van der Waals surface area contributed by atoms with Gasteiger partial charge in [-0.05, 0) is 56.4 Å². The average molecular weight is 595 g/mol. The van der Waals surface area contributed by atoms with E-state index in [0.717, 1.165) is 53.6 Å². The largest absolute Gasteiger partial charge is 0.464 e. The third-order valence-electron chi connectivity index (χ3n) is 6.62. The highest BCUT2D eigenvalue weighted by molar-refractivity contribution is 9.10. The van der Waals surface area contributed by atoms with Crippen molar-refractivity contribution in [2.24, 2.45) is 5.41 Å². The molecule has 196 valence electrons. The lowest BCUT2D eigenvalue weighted by molar-refractivity contribution is -0.112. The summed E-state index contributed by atoms with van der Waals surface area (Å²) in [4.78, 5) is 14.6. The second-order valence-electron chi connectivity index (χ2n) is 9.53. The van der Waals surface area contributed by atoms with Crippen LogP contribution in [-0.2, 0) is 14.6 Å². The van der Waals surface area contributed by atoms with Crippen LogP contribution in [0.25, 0.3) is 0 Å². The van der Waals surface area contributed by atoms with E-state index in [1.165, 1.54) is 31.0 Å². The minimum atomic E-state index is -3.62. The number of carbonyl (C=O) groups excluding carboxylic acids is 1. The minimum Gasteiger partial charge on any atom is -0.464 e. The third-order valence-corrected chi connectivity index (χ3v) is 9.90. The first kappa shape index (κ1) is 28.8. The number of unbranched alkanes of at least 4 members (excludes halogenated alkanes) is 2. The van der Waals surface area contributed by atoms with Crippen molar-refractivity contribution in [3.8, 4) is 5.75 Å². The van der Waals surface area contributed by atoms with Crippen LogP contribution in [0.1, 0.15) is 59.3 Å². The fourth-order valence-corrected chi connectivity index (χ4v) is 7.69. The first-order valence-corrected chi connectivity index (χ1v) is 16.1. The van der Waals surface area contributed by atoms with Gasteiger partial charge in [-0.15, -0.1) is 11.8 Å². The Morgan fingerprint density at radius 2 is 1.78 bits per heavy atom. The molecule has 0 spiro atoms. The maximum atomic E-state index is 14.0. The smallest absolute Gasteiger partial charge is 0.181 e. The zero-order valence-corrected chi connectivity index (χ0v) is 24.8. The molecule has 0 saturated heterocycles. The number of carbonyl (C=O) groups is 1. The van der Waals surface area contributed by atoms with Crippen molar-refractivity contribution in [1.29, 1.82) is 0 Å². The number of allylic oxidation sites excluding steroid dienone is 1. The Balaban J connectivity index is 2.24. The molecule has 0 aromatic heterocycles. The van der Waals surface area contributed by atoms with E-state index in [9.17, 15) is 13.2 Å². The topological polar surface area (TPSA) is 63.7 Å². The van der Waals surface area contributed by atoms with Gasteiger partial charge in [0.2, 0.25) is 0 Å². The molecule has 0 aliphatic carbocycles. The van der Waals surface area contributed by atoms with Crippen molar-refractivity contribution in [3.63, 3.8) is 0 Å². The van der Waals surface area contributed by atoms with Gasteiger partial charge in [0.25, 0.3) is 0 Å². The van der Waals surface area contributed by atoms with Gasteiger partial charge in [-0.1, -0.05) is 55.5 Å². The van der Waals surface area contributed by atoms with Crippen molar-refractivity contribution in [1.82, 2.24) is 0 Å². The summed E-state index contributed by atoms with van der Waals surface area (Å²) < 4.78 is 34.8. The van der Waals surface area contributed by atoms with Gasteiger partial charge in [0.15, 0.2) is 15.6 Å². The van der Waals surface area contributed by atoms with E-state index in [-0.39, 0.29) is 21.8 Å². The fraction of sp³-hybridized carbons (Fsp3) is 0.464. The van der Waals surface area contributed by atoms with E-state index in [1.807, 2.05) is 36.6 Å². The van der Waals surface area contributed by atoms with E-state index >= 15 is 0 Å². The molecule has 0 fully saturated rings. The highest BCUT2D eigenvalue weighted by Gasteiger charge is 2.42. The number of nitrogens with zero attached hydrogens (tertiary/aromatic N) is 1. The molecule has 0 amide bonds. The first-order valence-electron chi connectivity index (χ1n) is 12.5. The standard InChI is InChI=1S/C28H36BrNO4S2/c1-5-7-14-28(15-8-6-2)19-30(23-11-9-22(29)10-12-23)24-17-26(35-4)25(34-16-13-21(3)31)18-27(24)36(32,33)20-28/h9-13,16-18H,5-8,14-15,19-20H2,1-4H3/b16-13-. The van der Waals surface area contributed by atoms with Crippen molar-refractivity contribution < 1.29 is 17.9 Å². The number of fused-ring (bicyclic) bond motifs is 1. The highest BCUT2D eigenvalue weighted by atomic mass is 79.9. The molecule has 36 heavy (non-hydrogen) atoms. The first-order chi connectivity index (χ1) is 17.1. The number of thioether (sulfide) groups is 1. The quantitative estimate of drug-likeness (QED) is 0.150. The average Bonchev–Trinajstić information content (AvgIpc) is 2.93. The lowest BCUT2D eigenvalue weighted by Crippen LogP contribution is -2.38. The number of halogens is 1. The maximum Gasteiger partial charge on any atom is 0.181 e. The minimum absolute atomic E-state index is 0.112. The fourth-order valence-electron chi connectivity index (χ4n) is 4.77. The van der Waals surface area contributed by atoms with Crippen molar-refractivity contribution in [2.75, 3.05) is 23.5 Å². The summed E-state index contributed by atoms with van der Waals surface area (Å²) in [6.45, 7) is 6.39. The summed E-state index contributed by atoms with van der Waals surface area (Å²) in [5.41, 5.74) is 1.29.